The van der Waals surface area contributed by atoms with Gasteiger partial charge >= 0.3 is 11.9 Å². The summed E-state index contributed by atoms with van der Waals surface area (Å²) >= 11 is 8.25. The number of rotatable bonds is 5. The number of thiazole rings is 1. The van der Waals surface area contributed by atoms with E-state index in [4.69, 9.17) is 16.3 Å². The van der Waals surface area contributed by atoms with Crippen molar-refractivity contribution >= 4 is 62.8 Å². The molecular weight excluding hydrogens is 472 g/mol. The lowest BCUT2D eigenvalue weighted by atomic mass is 10.00. The number of ketones is 1. The van der Waals surface area contributed by atoms with E-state index in [0.717, 1.165) is 11.3 Å². The quantitative estimate of drug-likeness (QED) is 0.236. The number of hydrogen-bond donors (Lipinski definition) is 1. The highest BCUT2D eigenvalue weighted by molar-refractivity contribution is 7.18. The minimum absolute atomic E-state index is 0.0506. The normalized spacial score (nSPS) is 17.7. The molecule has 1 aromatic carbocycles. The van der Waals surface area contributed by atoms with Crippen LogP contribution in [-0.4, -0.2) is 34.4 Å². The van der Waals surface area contributed by atoms with E-state index < -0.39 is 23.7 Å². The standard InChI is InChI=1S/C22H17ClN2O5S2/c1-3-30-21(29)19-11(2)24-22(32-19)25-16(14-5-4-10-31-14)15(18(27)20(25)28)17(26)12-6-8-13(23)9-7-12/h4-10,16,26H,3H2,1-2H3/t16-/m1/s1. The molecule has 1 N–H and O–H groups in total. The van der Waals surface area contributed by atoms with Gasteiger partial charge in [0.25, 0.3) is 5.78 Å². The number of aryl methyl sites for hydroxylation is 1. The van der Waals surface area contributed by atoms with E-state index in [1.54, 1.807) is 50.2 Å². The van der Waals surface area contributed by atoms with E-state index in [9.17, 15) is 19.5 Å². The van der Waals surface area contributed by atoms with Crippen molar-refractivity contribution in [3.05, 3.63) is 73.4 Å². The predicted octanol–water partition coefficient (Wildman–Crippen LogP) is 4.97. The Labute approximate surface area is 196 Å². The Bertz CT molecular complexity index is 1230. The zero-order valence-corrected chi connectivity index (χ0v) is 19.4. The Balaban J connectivity index is 1.87. The highest BCUT2D eigenvalue weighted by atomic mass is 35.5. The van der Waals surface area contributed by atoms with Gasteiger partial charge in [0.2, 0.25) is 0 Å². The Kier molecular flexibility index (Phi) is 6.14. The number of ether oxygens (including phenoxy) is 1. The van der Waals surface area contributed by atoms with Gasteiger partial charge in [0.05, 0.1) is 17.9 Å². The lowest BCUT2D eigenvalue weighted by Crippen LogP contribution is -2.29. The summed E-state index contributed by atoms with van der Waals surface area (Å²) in [6.07, 6.45) is 0. The fraction of sp³-hybridized carbons (Fsp3) is 0.182. The Morgan fingerprint density at radius 2 is 1.97 bits per heavy atom. The van der Waals surface area contributed by atoms with E-state index in [1.165, 1.54) is 16.2 Å². The number of benzene rings is 1. The molecule has 0 bridgehead atoms. The molecule has 32 heavy (non-hydrogen) atoms. The number of carbonyl (C=O) groups is 3. The second-order valence-electron chi connectivity index (χ2n) is 6.82. The van der Waals surface area contributed by atoms with Crippen molar-refractivity contribution in [1.82, 2.24) is 4.98 Å². The van der Waals surface area contributed by atoms with Crippen LogP contribution in [0.1, 0.15) is 38.8 Å². The average molecular weight is 489 g/mol. The minimum Gasteiger partial charge on any atom is -0.507 e. The summed E-state index contributed by atoms with van der Waals surface area (Å²) in [7, 11) is 0. The lowest BCUT2D eigenvalue weighted by molar-refractivity contribution is -0.132. The van der Waals surface area contributed by atoms with Crippen molar-refractivity contribution in [2.75, 3.05) is 11.5 Å². The first kappa shape index (κ1) is 22.2. The van der Waals surface area contributed by atoms with Crippen molar-refractivity contribution < 1.29 is 24.2 Å². The Morgan fingerprint density at radius 1 is 1.25 bits per heavy atom. The number of halogens is 1. The first-order chi connectivity index (χ1) is 15.3. The van der Waals surface area contributed by atoms with Gasteiger partial charge in [-0.2, -0.15) is 0 Å². The topological polar surface area (TPSA) is 96.8 Å². The number of carbonyl (C=O) groups excluding carboxylic acids is 3. The first-order valence-corrected chi connectivity index (χ1v) is 11.7. The van der Waals surface area contributed by atoms with Crippen LogP contribution < -0.4 is 4.90 Å². The van der Waals surface area contributed by atoms with Gasteiger partial charge < -0.3 is 9.84 Å². The van der Waals surface area contributed by atoms with Gasteiger partial charge in [-0.05, 0) is 49.6 Å². The highest BCUT2D eigenvalue weighted by Crippen LogP contribution is 2.45. The Hall–Kier alpha value is -3.01. The molecule has 0 aliphatic carbocycles. The van der Waals surface area contributed by atoms with Crippen molar-refractivity contribution in [3.63, 3.8) is 0 Å². The molecule has 10 heteroatoms. The molecule has 1 aliphatic heterocycles. The van der Waals surface area contributed by atoms with Crippen LogP contribution in [0.25, 0.3) is 5.76 Å². The number of aliphatic hydroxyl groups is 1. The number of anilines is 1. The molecule has 1 fully saturated rings. The largest absolute Gasteiger partial charge is 0.507 e. The third-order valence-electron chi connectivity index (χ3n) is 4.83. The lowest BCUT2D eigenvalue weighted by Gasteiger charge is -2.21. The van der Waals surface area contributed by atoms with Crippen LogP contribution in [-0.2, 0) is 14.3 Å². The van der Waals surface area contributed by atoms with Crippen LogP contribution in [0.3, 0.4) is 0 Å². The van der Waals surface area contributed by atoms with E-state index in [-0.39, 0.29) is 27.9 Å². The van der Waals surface area contributed by atoms with Crippen LogP contribution in [0.5, 0.6) is 0 Å². The summed E-state index contributed by atoms with van der Waals surface area (Å²) in [5.74, 6) is -2.51. The van der Waals surface area contributed by atoms with Crippen LogP contribution >= 0.6 is 34.3 Å². The number of nitrogens with zero attached hydrogens (tertiary/aromatic N) is 2. The van der Waals surface area contributed by atoms with Crippen molar-refractivity contribution in [3.8, 4) is 0 Å². The molecule has 1 aliphatic rings. The summed E-state index contributed by atoms with van der Waals surface area (Å²) < 4.78 is 5.06. The van der Waals surface area contributed by atoms with E-state index in [0.29, 0.717) is 21.2 Å². The molecule has 0 radical (unpaired) electrons. The minimum atomic E-state index is -0.883. The van der Waals surface area contributed by atoms with Gasteiger partial charge in [0, 0.05) is 15.5 Å². The SMILES string of the molecule is CCOC(=O)c1sc(N2C(=O)C(=O)C(=C(O)c3ccc(Cl)cc3)[C@H]2c2cccs2)nc1C. The van der Waals surface area contributed by atoms with Gasteiger partial charge in [-0.25, -0.2) is 9.78 Å². The third kappa shape index (κ3) is 3.83. The van der Waals surface area contributed by atoms with Gasteiger partial charge in [0.1, 0.15) is 16.7 Å². The number of Topliss-reactive ketones (excluding diaryl/α,β-unsaturated/α-hetero) is 1. The van der Waals surface area contributed by atoms with Crippen molar-refractivity contribution in [2.45, 2.75) is 19.9 Å². The molecule has 4 rings (SSSR count). The second kappa shape index (κ2) is 8.85. The molecule has 0 unspecified atom stereocenters. The molecule has 1 saturated heterocycles. The zero-order valence-electron chi connectivity index (χ0n) is 17.0. The maximum Gasteiger partial charge on any atom is 0.350 e. The zero-order chi connectivity index (χ0) is 23.0. The maximum atomic E-state index is 13.1. The van der Waals surface area contributed by atoms with Crippen LogP contribution in [0.4, 0.5) is 5.13 Å². The van der Waals surface area contributed by atoms with Gasteiger partial charge in [-0.1, -0.05) is 29.0 Å². The molecule has 0 saturated carbocycles. The highest BCUT2D eigenvalue weighted by Gasteiger charge is 2.48. The van der Waals surface area contributed by atoms with Crippen LogP contribution in [0.2, 0.25) is 5.02 Å². The smallest absolute Gasteiger partial charge is 0.350 e. The van der Waals surface area contributed by atoms with Gasteiger partial charge in [-0.3, -0.25) is 14.5 Å². The number of thiophene rings is 1. The van der Waals surface area contributed by atoms with Gasteiger partial charge in [0.15, 0.2) is 5.13 Å². The summed E-state index contributed by atoms with van der Waals surface area (Å²) in [4.78, 5) is 44.9. The van der Waals surface area contributed by atoms with Crippen LogP contribution in [0, 0.1) is 6.92 Å². The van der Waals surface area contributed by atoms with Crippen LogP contribution in [0.15, 0.2) is 47.4 Å². The average Bonchev–Trinajstić information content (AvgIpc) is 3.48. The summed E-state index contributed by atoms with van der Waals surface area (Å²) in [5.41, 5.74) is 0.703. The first-order valence-electron chi connectivity index (χ1n) is 9.58. The predicted molar refractivity (Wildman–Crippen MR) is 123 cm³/mol. The molecule has 3 aromatic rings. The number of esters is 1. The molecule has 0 spiro atoms. The van der Waals surface area contributed by atoms with Crippen molar-refractivity contribution in [2.24, 2.45) is 0 Å². The molecule has 3 heterocycles. The fourth-order valence-electron chi connectivity index (χ4n) is 3.38. The summed E-state index contributed by atoms with van der Waals surface area (Å²) in [6.45, 7) is 3.53. The number of amides is 1. The number of hydrogen-bond acceptors (Lipinski definition) is 8. The fourth-order valence-corrected chi connectivity index (χ4v) is 5.32. The van der Waals surface area contributed by atoms with E-state index in [2.05, 4.69) is 4.98 Å². The van der Waals surface area contributed by atoms with Gasteiger partial charge in [-0.15, -0.1) is 11.3 Å². The number of aromatic nitrogens is 1. The van der Waals surface area contributed by atoms with E-state index in [1.807, 2.05) is 5.38 Å². The molecule has 1 amide bonds. The Morgan fingerprint density at radius 3 is 2.59 bits per heavy atom. The molecular formula is C22H17ClN2O5S2. The molecule has 7 nitrogen and oxygen atoms in total. The third-order valence-corrected chi connectivity index (χ3v) is 7.14. The summed E-state index contributed by atoms with van der Waals surface area (Å²) in [5, 5.41) is 13.5. The summed E-state index contributed by atoms with van der Waals surface area (Å²) in [6, 6.07) is 9.00. The van der Waals surface area contributed by atoms with E-state index >= 15 is 0 Å². The monoisotopic (exact) mass is 488 g/mol. The molecule has 1 atom stereocenters. The molecule has 2 aromatic heterocycles. The maximum absolute atomic E-state index is 13.1. The second-order valence-corrected chi connectivity index (χ2v) is 9.22. The van der Waals surface area contributed by atoms with Crippen molar-refractivity contribution in [1.29, 1.82) is 0 Å². The number of aliphatic hydroxyl groups excluding tert-OH is 1. The molecule has 164 valence electrons.